The first-order chi connectivity index (χ1) is 6.56. The van der Waals surface area contributed by atoms with E-state index < -0.39 is 12.3 Å². The van der Waals surface area contributed by atoms with E-state index in [2.05, 4.69) is 4.74 Å². The lowest BCUT2D eigenvalue weighted by Crippen LogP contribution is -2.13. The number of rotatable bonds is 3. The Morgan fingerprint density at radius 3 is 2.64 bits per heavy atom. The van der Waals surface area contributed by atoms with Crippen molar-refractivity contribution >= 4 is 11.6 Å². The van der Waals surface area contributed by atoms with Crippen LogP contribution in [0.1, 0.15) is 22.3 Å². The zero-order chi connectivity index (χ0) is 10.7. The number of methoxy groups -OCH3 is 1. The van der Waals surface area contributed by atoms with Crippen LogP contribution >= 0.6 is 0 Å². The van der Waals surface area contributed by atoms with E-state index in [9.17, 15) is 9.18 Å². The van der Waals surface area contributed by atoms with Crippen LogP contribution < -0.4 is 11.5 Å². The molecule has 1 aromatic carbocycles. The Balaban J connectivity index is 3.06. The third kappa shape index (κ3) is 2.00. The molecular weight excluding hydrogens is 187 g/mol. The molecule has 0 aliphatic heterocycles. The molecule has 0 spiro atoms. The fraction of sp³-hybridized carbons (Fsp3) is 0.222. The second kappa shape index (κ2) is 4.06. The van der Waals surface area contributed by atoms with Crippen molar-refractivity contribution in [3.63, 3.8) is 0 Å². The minimum Gasteiger partial charge on any atom is -0.398 e. The van der Waals surface area contributed by atoms with Gasteiger partial charge in [0.1, 0.15) is 0 Å². The highest BCUT2D eigenvalue weighted by molar-refractivity contribution is 5.98. The summed E-state index contributed by atoms with van der Waals surface area (Å²) < 4.78 is 17.4. The molecule has 4 N–H and O–H groups in total. The standard InChI is InChI=1S/C9H11FN2O2/c1-14-8(10)5-2-3-6(9(12)13)7(11)4-5/h2-4,8H,11H2,1H3,(H2,12,13). The number of primary amides is 1. The molecule has 14 heavy (non-hydrogen) atoms. The number of hydrogen-bond acceptors (Lipinski definition) is 3. The van der Waals surface area contributed by atoms with Gasteiger partial charge < -0.3 is 16.2 Å². The molecule has 0 heterocycles. The fourth-order valence-electron chi connectivity index (χ4n) is 1.08. The number of nitrogens with two attached hydrogens (primary N) is 2. The van der Waals surface area contributed by atoms with Crippen molar-refractivity contribution in [1.29, 1.82) is 0 Å². The number of halogens is 1. The summed E-state index contributed by atoms with van der Waals surface area (Å²) in [5.41, 5.74) is 11.1. The van der Waals surface area contributed by atoms with Gasteiger partial charge in [0.05, 0.1) is 5.56 Å². The predicted octanol–water partition coefficient (Wildman–Crippen LogP) is 0.982. The molecule has 0 bridgehead atoms. The Morgan fingerprint density at radius 1 is 1.57 bits per heavy atom. The number of alkyl halides is 1. The lowest BCUT2D eigenvalue weighted by atomic mass is 10.1. The number of amides is 1. The monoisotopic (exact) mass is 198 g/mol. The average Bonchev–Trinajstić information content (AvgIpc) is 2.15. The van der Waals surface area contributed by atoms with E-state index in [4.69, 9.17) is 11.5 Å². The van der Waals surface area contributed by atoms with Crippen LogP contribution in [0.5, 0.6) is 0 Å². The largest absolute Gasteiger partial charge is 0.398 e. The second-order valence-electron chi connectivity index (χ2n) is 2.76. The van der Waals surface area contributed by atoms with Gasteiger partial charge in [0.2, 0.25) is 6.36 Å². The molecule has 0 aliphatic rings. The third-order valence-corrected chi connectivity index (χ3v) is 1.81. The second-order valence-corrected chi connectivity index (χ2v) is 2.76. The van der Waals surface area contributed by atoms with Crippen LogP contribution in [0.4, 0.5) is 10.1 Å². The van der Waals surface area contributed by atoms with Gasteiger partial charge in [0.15, 0.2) is 0 Å². The van der Waals surface area contributed by atoms with E-state index in [0.717, 1.165) is 0 Å². The van der Waals surface area contributed by atoms with Crippen molar-refractivity contribution in [1.82, 2.24) is 0 Å². The molecule has 0 radical (unpaired) electrons. The Kier molecular flexibility index (Phi) is 3.03. The predicted molar refractivity (Wildman–Crippen MR) is 50.2 cm³/mol. The molecule has 1 aromatic rings. The molecule has 0 aromatic heterocycles. The van der Waals surface area contributed by atoms with Gasteiger partial charge in [0, 0.05) is 18.4 Å². The number of ether oxygens (including phenoxy) is 1. The normalized spacial score (nSPS) is 12.4. The Bertz CT molecular complexity index is 355. The summed E-state index contributed by atoms with van der Waals surface area (Å²) >= 11 is 0. The highest BCUT2D eigenvalue weighted by atomic mass is 19.1. The van der Waals surface area contributed by atoms with E-state index in [1.54, 1.807) is 0 Å². The lowest BCUT2D eigenvalue weighted by Gasteiger charge is -2.08. The maximum absolute atomic E-state index is 13.0. The van der Waals surface area contributed by atoms with Gasteiger partial charge in [-0.2, -0.15) is 0 Å². The number of nitrogen functional groups attached to an aromatic ring is 1. The number of carbonyl (C=O) groups excluding carboxylic acids is 1. The van der Waals surface area contributed by atoms with Crippen LogP contribution in [0.3, 0.4) is 0 Å². The van der Waals surface area contributed by atoms with Crippen LogP contribution in [-0.2, 0) is 4.74 Å². The van der Waals surface area contributed by atoms with Crippen LogP contribution in [0.2, 0.25) is 0 Å². The first kappa shape index (κ1) is 10.5. The molecule has 0 fully saturated rings. The third-order valence-electron chi connectivity index (χ3n) is 1.81. The summed E-state index contributed by atoms with van der Waals surface area (Å²) in [6.45, 7) is 0. The van der Waals surface area contributed by atoms with Gasteiger partial charge >= 0.3 is 0 Å². The lowest BCUT2D eigenvalue weighted by molar-refractivity contribution is -0.00658. The van der Waals surface area contributed by atoms with E-state index in [1.165, 1.54) is 25.3 Å². The smallest absolute Gasteiger partial charge is 0.250 e. The maximum atomic E-state index is 13.0. The highest BCUT2D eigenvalue weighted by Crippen LogP contribution is 2.22. The Labute approximate surface area is 80.6 Å². The van der Waals surface area contributed by atoms with Gasteiger partial charge in [-0.3, -0.25) is 4.79 Å². The van der Waals surface area contributed by atoms with Crippen molar-refractivity contribution in [3.05, 3.63) is 29.3 Å². The SMILES string of the molecule is COC(F)c1ccc(C(N)=O)c(N)c1. The summed E-state index contributed by atoms with van der Waals surface area (Å²) in [4.78, 5) is 10.8. The van der Waals surface area contributed by atoms with Crippen molar-refractivity contribution in [2.24, 2.45) is 5.73 Å². The van der Waals surface area contributed by atoms with E-state index in [1.807, 2.05) is 0 Å². The van der Waals surface area contributed by atoms with Crippen LogP contribution in [0.25, 0.3) is 0 Å². The number of hydrogen-bond donors (Lipinski definition) is 2. The van der Waals surface area contributed by atoms with Gasteiger partial charge in [-0.1, -0.05) is 6.07 Å². The first-order valence-corrected chi connectivity index (χ1v) is 3.92. The summed E-state index contributed by atoms with van der Waals surface area (Å²) in [7, 11) is 1.24. The van der Waals surface area contributed by atoms with E-state index >= 15 is 0 Å². The number of carbonyl (C=O) groups is 1. The van der Waals surface area contributed by atoms with Crippen molar-refractivity contribution in [2.75, 3.05) is 12.8 Å². The average molecular weight is 198 g/mol. The molecule has 1 amide bonds. The molecule has 5 heteroatoms. The quantitative estimate of drug-likeness (QED) is 0.710. The molecule has 0 saturated carbocycles. The molecule has 1 rings (SSSR count). The van der Waals surface area contributed by atoms with Crippen LogP contribution in [-0.4, -0.2) is 13.0 Å². The molecule has 0 aliphatic carbocycles. The van der Waals surface area contributed by atoms with E-state index in [0.29, 0.717) is 0 Å². The topological polar surface area (TPSA) is 78.3 Å². The zero-order valence-corrected chi connectivity index (χ0v) is 7.66. The van der Waals surface area contributed by atoms with Gasteiger partial charge in [-0.15, -0.1) is 0 Å². The summed E-state index contributed by atoms with van der Waals surface area (Å²) in [5.74, 6) is -0.637. The van der Waals surface area contributed by atoms with Gasteiger partial charge in [-0.05, 0) is 12.1 Å². The van der Waals surface area contributed by atoms with E-state index in [-0.39, 0.29) is 16.8 Å². The Hall–Kier alpha value is -1.62. The number of benzene rings is 1. The molecule has 1 atom stereocenters. The molecule has 76 valence electrons. The molecule has 4 nitrogen and oxygen atoms in total. The Morgan fingerprint density at radius 2 is 2.21 bits per heavy atom. The maximum Gasteiger partial charge on any atom is 0.250 e. The summed E-state index contributed by atoms with van der Waals surface area (Å²) in [6.07, 6.45) is -1.54. The van der Waals surface area contributed by atoms with Crippen LogP contribution in [0, 0.1) is 0 Å². The minimum absolute atomic E-state index is 0.148. The van der Waals surface area contributed by atoms with Gasteiger partial charge in [0.25, 0.3) is 5.91 Å². The highest BCUT2D eigenvalue weighted by Gasteiger charge is 2.11. The summed E-state index contributed by atoms with van der Waals surface area (Å²) in [5, 5.41) is 0. The molecule has 0 saturated heterocycles. The zero-order valence-electron chi connectivity index (χ0n) is 7.66. The van der Waals surface area contributed by atoms with Crippen molar-refractivity contribution < 1.29 is 13.9 Å². The van der Waals surface area contributed by atoms with Gasteiger partial charge in [-0.25, -0.2) is 4.39 Å². The minimum atomic E-state index is -1.54. The molecule has 1 unspecified atom stereocenters. The first-order valence-electron chi connectivity index (χ1n) is 3.92. The molecular formula is C9H11FN2O2. The van der Waals surface area contributed by atoms with Crippen molar-refractivity contribution in [3.8, 4) is 0 Å². The van der Waals surface area contributed by atoms with Crippen LogP contribution in [0.15, 0.2) is 18.2 Å². The number of anilines is 1. The van der Waals surface area contributed by atoms with Crippen molar-refractivity contribution in [2.45, 2.75) is 6.36 Å². The summed E-state index contributed by atoms with van der Waals surface area (Å²) in [6, 6.07) is 4.11. The fourth-order valence-corrected chi connectivity index (χ4v) is 1.08.